The number of nitrogens with zero attached hydrogens (tertiary/aromatic N) is 5. The number of fused-ring (bicyclic) bond motifs is 1. The molecule has 0 bridgehead atoms. The summed E-state index contributed by atoms with van der Waals surface area (Å²) in [4.78, 5) is 11.9. The average molecular weight is 435 g/mol. The van der Waals surface area contributed by atoms with Crippen LogP contribution in [0.2, 0.25) is 0 Å². The Morgan fingerprint density at radius 1 is 1.23 bits per heavy atom. The van der Waals surface area contributed by atoms with Gasteiger partial charge in [-0.3, -0.25) is 4.98 Å². The van der Waals surface area contributed by atoms with E-state index in [0.717, 1.165) is 12.3 Å². The third-order valence-corrected chi connectivity index (χ3v) is 7.10. The lowest BCUT2D eigenvalue weighted by Gasteiger charge is -2.13. The van der Waals surface area contributed by atoms with Crippen LogP contribution in [-0.4, -0.2) is 33.7 Å². The highest BCUT2D eigenvalue weighted by molar-refractivity contribution is 7.91. The van der Waals surface area contributed by atoms with Gasteiger partial charge in [-0.25, -0.2) is 18.4 Å². The van der Waals surface area contributed by atoms with Gasteiger partial charge < -0.3 is 4.57 Å². The van der Waals surface area contributed by atoms with Crippen LogP contribution in [0.3, 0.4) is 0 Å². The first kappa shape index (κ1) is 20.3. The first-order valence-electron chi connectivity index (χ1n) is 9.07. The second-order valence-corrected chi connectivity index (χ2v) is 9.47. The number of alkyl halides is 3. The number of pyridine rings is 2. The molecule has 11 heteroatoms. The van der Waals surface area contributed by atoms with Crippen molar-refractivity contribution in [3.05, 3.63) is 35.8 Å². The maximum absolute atomic E-state index is 13.0. The van der Waals surface area contributed by atoms with Crippen molar-refractivity contribution in [3.8, 4) is 17.6 Å². The number of aryl methyl sites for hydroxylation is 1. The molecule has 1 fully saturated rings. The van der Waals surface area contributed by atoms with Crippen LogP contribution in [0.1, 0.15) is 31.0 Å². The third kappa shape index (κ3) is 3.11. The van der Waals surface area contributed by atoms with Gasteiger partial charge in [0.2, 0.25) is 0 Å². The Kier molecular flexibility index (Phi) is 4.39. The van der Waals surface area contributed by atoms with Gasteiger partial charge in [0.1, 0.15) is 11.4 Å². The lowest BCUT2D eigenvalue weighted by Crippen LogP contribution is -2.12. The molecule has 0 saturated heterocycles. The number of imidazole rings is 1. The first-order valence-corrected chi connectivity index (χ1v) is 10.7. The van der Waals surface area contributed by atoms with Crippen molar-refractivity contribution < 1.29 is 21.6 Å². The lowest BCUT2D eigenvalue weighted by atomic mass is 9.99. The fraction of sp³-hybridized carbons (Fsp3) is 0.368. The number of hydrogen-bond donors (Lipinski definition) is 0. The summed E-state index contributed by atoms with van der Waals surface area (Å²) in [5.74, 6) is -0.0967. The topological polar surface area (TPSA) is 102 Å². The molecular formula is C19H16F3N5O2S. The van der Waals surface area contributed by atoms with Crippen LogP contribution in [0.25, 0.3) is 22.6 Å². The predicted molar refractivity (Wildman–Crippen MR) is 101 cm³/mol. The number of aromatic nitrogens is 4. The molecule has 3 aromatic rings. The molecule has 156 valence electrons. The first-order chi connectivity index (χ1) is 14.0. The van der Waals surface area contributed by atoms with Crippen LogP contribution in [-0.2, 0) is 28.5 Å². The highest BCUT2D eigenvalue weighted by atomic mass is 32.2. The summed E-state index contributed by atoms with van der Waals surface area (Å²) in [6, 6.07) is 4.46. The SMILES string of the molecule is CCS(=O)(=O)c1cc(C2(C#N)CC2)cnc1-c1nc2cc(C(F)(F)F)ncc2n1C. The van der Waals surface area contributed by atoms with Gasteiger partial charge in [0, 0.05) is 13.2 Å². The highest BCUT2D eigenvalue weighted by Gasteiger charge is 2.46. The summed E-state index contributed by atoms with van der Waals surface area (Å²) in [7, 11) is -2.20. The van der Waals surface area contributed by atoms with Gasteiger partial charge in [-0.1, -0.05) is 6.92 Å². The van der Waals surface area contributed by atoms with E-state index < -0.39 is 27.1 Å². The molecule has 0 amide bonds. The Morgan fingerprint density at radius 3 is 2.50 bits per heavy atom. The van der Waals surface area contributed by atoms with Crippen molar-refractivity contribution >= 4 is 20.9 Å². The van der Waals surface area contributed by atoms with E-state index in [-0.39, 0.29) is 27.7 Å². The molecule has 0 unspecified atom stereocenters. The molecule has 3 heterocycles. The molecule has 4 rings (SSSR count). The van der Waals surface area contributed by atoms with E-state index in [4.69, 9.17) is 0 Å². The maximum atomic E-state index is 13.0. The van der Waals surface area contributed by atoms with Gasteiger partial charge in [0.15, 0.2) is 15.7 Å². The predicted octanol–water partition coefficient (Wildman–Crippen LogP) is 3.40. The number of hydrogen-bond acceptors (Lipinski definition) is 6. The minimum atomic E-state index is -4.63. The molecule has 0 aliphatic heterocycles. The molecule has 30 heavy (non-hydrogen) atoms. The maximum Gasteiger partial charge on any atom is 0.433 e. The van der Waals surface area contributed by atoms with Crippen molar-refractivity contribution in [1.29, 1.82) is 5.26 Å². The number of sulfone groups is 1. The van der Waals surface area contributed by atoms with Crippen molar-refractivity contribution in [1.82, 2.24) is 19.5 Å². The van der Waals surface area contributed by atoms with Crippen LogP contribution >= 0.6 is 0 Å². The van der Waals surface area contributed by atoms with Gasteiger partial charge in [-0.05, 0) is 30.5 Å². The van der Waals surface area contributed by atoms with Gasteiger partial charge in [0.25, 0.3) is 0 Å². The Labute approximate surface area is 170 Å². The average Bonchev–Trinajstić information content (AvgIpc) is 3.45. The van der Waals surface area contributed by atoms with E-state index in [1.54, 1.807) is 7.05 Å². The van der Waals surface area contributed by atoms with Gasteiger partial charge in [0.05, 0.1) is 39.4 Å². The molecule has 1 aliphatic rings. The molecule has 1 saturated carbocycles. The Bertz CT molecular complexity index is 1320. The zero-order valence-corrected chi connectivity index (χ0v) is 16.8. The molecule has 0 N–H and O–H groups in total. The van der Waals surface area contributed by atoms with Crippen LogP contribution in [0.5, 0.6) is 0 Å². The summed E-state index contributed by atoms with van der Waals surface area (Å²) < 4.78 is 66.0. The quantitative estimate of drug-likeness (QED) is 0.623. The second kappa shape index (κ2) is 6.50. The molecule has 1 aliphatic carbocycles. The van der Waals surface area contributed by atoms with Crippen LogP contribution in [0.4, 0.5) is 13.2 Å². The largest absolute Gasteiger partial charge is 0.433 e. The fourth-order valence-electron chi connectivity index (χ4n) is 3.31. The van der Waals surface area contributed by atoms with Crippen LogP contribution in [0, 0.1) is 11.3 Å². The lowest BCUT2D eigenvalue weighted by molar-refractivity contribution is -0.141. The Hall–Kier alpha value is -3.00. The second-order valence-electron chi connectivity index (χ2n) is 7.22. The van der Waals surface area contributed by atoms with Crippen LogP contribution < -0.4 is 0 Å². The summed E-state index contributed by atoms with van der Waals surface area (Å²) in [6.07, 6.45) is -0.897. The van der Waals surface area contributed by atoms with E-state index in [9.17, 15) is 26.9 Å². The number of rotatable bonds is 4. The summed E-state index contributed by atoms with van der Waals surface area (Å²) in [6.45, 7) is 1.48. The zero-order valence-electron chi connectivity index (χ0n) is 16.0. The number of nitriles is 1. The monoisotopic (exact) mass is 435 g/mol. The van der Waals surface area contributed by atoms with E-state index >= 15 is 0 Å². The molecule has 0 atom stereocenters. The van der Waals surface area contributed by atoms with E-state index in [0.29, 0.717) is 23.9 Å². The standard InChI is InChI=1S/C19H16F3N5O2S/c1-3-30(28,29)14-6-11(18(10-23)4-5-18)8-25-16(14)17-26-12-7-15(19(20,21)22)24-9-13(12)27(17)2/h6-9H,3-5H2,1-2H3. The smallest absolute Gasteiger partial charge is 0.324 e. The van der Waals surface area contributed by atoms with Gasteiger partial charge in [-0.2, -0.15) is 18.4 Å². The summed E-state index contributed by atoms with van der Waals surface area (Å²) in [5, 5.41) is 9.44. The van der Waals surface area contributed by atoms with Crippen molar-refractivity contribution in [2.45, 2.75) is 36.3 Å². The molecule has 0 aromatic carbocycles. The third-order valence-electron chi connectivity index (χ3n) is 5.35. The molecule has 0 radical (unpaired) electrons. The van der Waals surface area contributed by atoms with Crippen molar-refractivity contribution in [2.24, 2.45) is 7.05 Å². The summed E-state index contributed by atoms with van der Waals surface area (Å²) >= 11 is 0. The van der Waals surface area contributed by atoms with E-state index in [2.05, 4.69) is 21.0 Å². The van der Waals surface area contributed by atoms with Crippen molar-refractivity contribution in [2.75, 3.05) is 5.75 Å². The van der Waals surface area contributed by atoms with Crippen molar-refractivity contribution in [3.63, 3.8) is 0 Å². The zero-order chi connectivity index (χ0) is 21.9. The Balaban J connectivity index is 1.95. The molecule has 0 spiro atoms. The number of halogens is 3. The van der Waals surface area contributed by atoms with Crippen LogP contribution in [0.15, 0.2) is 29.4 Å². The minimum Gasteiger partial charge on any atom is -0.324 e. The molecular weight excluding hydrogens is 419 g/mol. The van der Waals surface area contributed by atoms with E-state index in [1.807, 2.05) is 0 Å². The summed E-state index contributed by atoms with van der Waals surface area (Å²) in [5.41, 5.74) is -0.951. The minimum absolute atomic E-state index is 0.0243. The fourth-order valence-corrected chi connectivity index (χ4v) is 4.37. The Morgan fingerprint density at radius 2 is 1.93 bits per heavy atom. The van der Waals surface area contributed by atoms with Gasteiger partial charge in [-0.15, -0.1) is 0 Å². The van der Waals surface area contributed by atoms with Gasteiger partial charge >= 0.3 is 6.18 Å². The molecule has 3 aromatic heterocycles. The molecule has 7 nitrogen and oxygen atoms in total. The normalized spacial score (nSPS) is 15.9. The van der Waals surface area contributed by atoms with E-state index in [1.165, 1.54) is 23.8 Å². The highest BCUT2D eigenvalue weighted by Crippen LogP contribution is 2.48.